The van der Waals surface area contributed by atoms with Crippen molar-refractivity contribution >= 4 is 0 Å². The Morgan fingerprint density at radius 1 is 1.15 bits per heavy atom. The Balaban J connectivity index is 1.98. The number of nitriles is 1. The van der Waals surface area contributed by atoms with Crippen LogP contribution in [-0.2, 0) is 6.61 Å². The molecule has 0 spiro atoms. The molecule has 0 aliphatic carbocycles. The molecule has 1 N–H and O–H groups in total. The van der Waals surface area contributed by atoms with Crippen LogP contribution in [0.25, 0.3) is 0 Å². The van der Waals surface area contributed by atoms with Crippen molar-refractivity contribution in [3.63, 3.8) is 0 Å². The molecule has 0 aliphatic rings. The minimum atomic E-state index is -1.09. The topological polar surface area (TPSA) is 62.5 Å². The van der Waals surface area contributed by atoms with Crippen molar-refractivity contribution in [1.82, 2.24) is 0 Å². The molecule has 2 aromatic rings. The number of rotatable bonds is 5. The normalized spacial score (nSPS) is 11.4. The van der Waals surface area contributed by atoms with Crippen LogP contribution in [0.5, 0.6) is 11.5 Å². The van der Waals surface area contributed by atoms with Crippen molar-refractivity contribution in [2.24, 2.45) is 0 Å². The Hall–Kier alpha value is -2.51. The van der Waals surface area contributed by atoms with Crippen LogP contribution in [-0.4, -0.2) is 12.2 Å². The van der Waals surface area contributed by atoms with E-state index in [1.807, 2.05) is 24.3 Å². The molecule has 0 saturated heterocycles. The number of aliphatic hydroxyl groups excluding tert-OH is 1. The van der Waals surface area contributed by atoms with Gasteiger partial charge in [-0.3, -0.25) is 0 Å². The quantitative estimate of drug-likeness (QED) is 0.848. The van der Waals surface area contributed by atoms with Crippen LogP contribution >= 0.6 is 0 Å². The van der Waals surface area contributed by atoms with Gasteiger partial charge in [-0.2, -0.15) is 5.26 Å². The first kappa shape index (κ1) is 13.9. The highest BCUT2D eigenvalue weighted by molar-refractivity contribution is 5.32. The molecule has 0 aromatic heterocycles. The minimum Gasteiger partial charge on any atom is -0.497 e. The van der Waals surface area contributed by atoms with Gasteiger partial charge < -0.3 is 14.6 Å². The molecule has 0 heterocycles. The Labute approximate surface area is 117 Å². The molecule has 2 aromatic carbocycles. The third kappa shape index (κ3) is 3.50. The first-order valence-corrected chi connectivity index (χ1v) is 6.16. The van der Waals surface area contributed by atoms with Gasteiger partial charge in [0.15, 0.2) is 6.10 Å². The molecule has 4 nitrogen and oxygen atoms in total. The predicted octanol–water partition coefficient (Wildman–Crippen LogP) is 2.83. The lowest BCUT2D eigenvalue weighted by Gasteiger charge is -2.08. The number of nitrogens with zero attached hydrogens (tertiary/aromatic N) is 1. The number of aliphatic hydroxyl groups is 1. The highest BCUT2D eigenvalue weighted by Gasteiger charge is 2.05. The molecule has 102 valence electrons. The summed E-state index contributed by atoms with van der Waals surface area (Å²) in [6, 6.07) is 16.2. The van der Waals surface area contributed by atoms with E-state index in [0.29, 0.717) is 17.9 Å². The monoisotopic (exact) mass is 269 g/mol. The van der Waals surface area contributed by atoms with Crippen LogP contribution in [0.4, 0.5) is 0 Å². The van der Waals surface area contributed by atoms with Gasteiger partial charge in [-0.05, 0) is 35.4 Å². The Bertz CT molecular complexity index is 602. The maximum Gasteiger partial charge on any atom is 0.165 e. The first-order chi connectivity index (χ1) is 9.72. The molecule has 0 aliphatic heterocycles. The van der Waals surface area contributed by atoms with Crippen molar-refractivity contribution in [2.45, 2.75) is 12.7 Å². The van der Waals surface area contributed by atoms with Gasteiger partial charge in [0.25, 0.3) is 0 Å². The molecule has 4 heteroatoms. The number of methoxy groups -OCH3 is 1. The second-order valence-corrected chi connectivity index (χ2v) is 4.24. The van der Waals surface area contributed by atoms with Gasteiger partial charge in [0.2, 0.25) is 0 Å². The number of benzene rings is 2. The maximum absolute atomic E-state index is 9.37. The van der Waals surface area contributed by atoms with Gasteiger partial charge >= 0.3 is 0 Å². The van der Waals surface area contributed by atoms with E-state index in [9.17, 15) is 5.11 Å². The predicted molar refractivity (Wildman–Crippen MR) is 74.3 cm³/mol. The number of ether oxygens (including phenoxy) is 2. The van der Waals surface area contributed by atoms with E-state index < -0.39 is 6.10 Å². The summed E-state index contributed by atoms with van der Waals surface area (Å²) < 4.78 is 10.8. The fourth-order valence-corrected chi connectivity index (χ4v) is 1.75. The summed E-state index contributed by atoms with van der Waals surface area (Å²) in [6.07, 6.45) is -1.09. The van der Waals surface area contributed by atoms with E-state index >= 15 is 0 Å². The molecule has 0 bridgehead atoms. The summed E-state index contributed by atoms with van der Waals surface area (Å²) >= 11 is 0. The largest absolute Gasteiger partial charge is 0.497 e. The standard InChI is InChI=1S/C16H15NO3/c1-19-15-4-2-3-12(9-15)11-20-14-7-5-13(6-8-14)16(18)10-17/h2-9,16,18H,11H2,1H3. The van der Waals surface area contributed by atoms with Gasteiger partial charge in [-0.25, -0.2) is 0 Å². The summed E-state index contributed by atoms with van der Waals surface area (Å²) in [4.78, 5) is 0. The van der Waals surface area contributed by atoms with E-state index in [1.54, 1.807) is 37.4 Å². The first-order valence-electron chi connectivity index (χ1n) is 6.16. The van der Waals surface area contributed by atoms with E-state index in [4.69, 9.17) is 14.7 Å². The van der Waals surface area contributed by atoms with E-state index in [1.165, 1.54) is 0 Å². The van der Waals surface area contributed by atoms with Crippen LogP contribution < -0.4 is 9.47 Å². The van der Waals surface area contributed by atoms with Crippen molar-refractivity contribution in [3.05, 3.63) is 59.7 Å². The van der Waals surface area contributed by atoms with Crippen LogP contribution in [0.3, 0.4) is 0 Å². The van der Waals surface area contributed by atoms with Gasteiger partial charge in [0.05, 0.1) is 13.2 Å². The smallest absolute Gasteiger partial charge is 0.165 e. The highest BCUT2D eigenvalue weighted by atomic mass is 16.5. The molecule has 0 radical (unpaired) electrons. The summed E-state index contributed by atoms with van der Waals surface area (Å²) in [5.41, 5.74) is 1.56. The van der Waals surface area contributed by atoms with E-state index in [-0.39, 0.29) is 0 Å². The van der Waals surface area contributed by atoms with E-state index in [2.05, 4.69) is 0 Å². The maximum atomic E-state index is 9.37. The Kier molecular flexibility index (Phi) is 4.59. The summed E-state index contributed by atoms with van der Waals surface area (Å²) in [5.74, 6) is 1.47. The van der Waals surface area contributed by atoms with Crippen LogP contribution in [0.1, 0.15) is 17.2 Å². The second kappa shape index (κ2) is 6.60. The fraction of sp³-hybridized carbons (Fsp3) is 0.188. The molecule has 2 rings (SSSR count). The summed E-state index contributed by atoms with van der Waals surface area (Å²) in [5, 5.41) is 18.0. The highest BCUT2D eigenvalue weighted by Crippen LogP contribution is 2.19. The van der Waals surface area contributed by atoms with Gasteiger partial charge in [0.1, 0.15) is 18.1 Å². The van der Waals surface area contributed by atoms with E-state index in [0.717, 1.165) is 11.3 Å². The molecular formula is C16H15NO3. The van der Waals surface area contributed by atoms with Gasteiger partial charge in [0, 0.05) is 0 Å². The zero-order valence-corrected chi connectivity index (χ0v) is 11.1. The third-order valence-corrected chi connectivity index (χ3v) is 2.86. The summed E-state index contributed by atoms with van der Waals surface area (Å²) in [7, 11) is 1.62. The van der Waals surface area contributed by atoms with Crippen molar-refractivity contribution in [1.29, 1.82) is 5.26 Å². The molecular weight excluding hydrogens is 254 g/mol. The Morgan fingerprint density at radius 2 is 1.90 bits per heavy atom. The lowest BCUT2D eigenvalue weighted by Crippen LogP contribution is -1.97. The van der Waals surface area contributed by atoms with Crippen LogP contribution in [0, 0.1) is 11.3 Å². The Morgan fingerprint density at radius 3 is 2.55 bits per heavy atom. The van der Waals surface area contributed by atoms with Crippen LogP contribution in [0.2, 0.25) is 0 Å². The fourth-order valence-electron chi connectivity index (χ4n) is 1.75. The van der Waals surface area contributed by atoms with Gasteiger partial charge in [-0.1, -0.05) is 24.3 Å². The lowest BCUT2D eigenvalue weighted by molar-refractivity contribution is 0.235. The number of hydrogen-bond acceptors (Lipinski definition) is 4. The lowest BCUT2D eigenvalue weighted by atomic mass is 10.1. The van der Waals surface area contributed by atoms with Crippen molar-refractivity contribution < 1.29 is 14.6 Å². The molecule has 20 heavy (non-hydrogen) atoms. The summed E-state index contributed by atoms with van der Waals surface area (Å²) in [6.45, 7) is 0.428. The SMILES string of the molecule is COc1cccc(COc2ccc(C(O)C#N)cc2)c1. The van der Waals surface area contributed by atoms with Gasteiger partial charge in [-0.15, -0.1) is 0 Å². The molecule has 0 saturated carbocycles. The number of hydrogen-bond donors (Lipinski definition) is 1. The molecule has 0 amide bonds. The van der Waals surface area contributed by atoms with Crippen molar-refractivity contribution in [2.75, 3.05) is 7.11 Å². The average Bonchev–Trinajstić information content (AvgIpc) is 2.53. The zero-order chi connectivity index (χ0) is 14.4. The average molecular weight is 269 g/mol. The molecule has 1 atom stereocenters. The third-order valence-electron chi connectivity index (χ3n) is 2.86. The van der Waals surface area contributed by atoms with Crippen molar-refractivity contribution in [3.8, 4) is 17.6 Å². The molecule has 0 fully saturated rings. The second-order valence-electron chi connectivity index (χ2n) is 4.24. The molecule has 1 unspecified atom stereocenters. The van der Waals surface area contributed by atoms with Crippen LogP contribution in [0.15, 0.2) is 48.5 Å². The minimum absolute atomic E-state index is 0.428. The zero-order valence-electron chi connectivity index (χ0n) is 11.1.